The molecule has 4 heteroatoms. The number of hydrogen-bond donors (Lipinski definition) is 1. The van der Waals surface area contributed by atoms with Gasteiger partial charge in [0.25, 0.3) is 0 Å². The first kappa shape index (κ1) is 15.4. The highest BCUT2D eigenvalue weighted by Crippen LogP contribution is 2.29. The van der Waals surface area contributed by atoms with Gasteiger partial charge in [0.05, 0.1) is 13.7 Å². The van der Waals surface area contributed by atoms with Gasteiger partial charge in [0, 0.05) is 6.04 Å². The van der Waals surface area contributed by atoms with Gasteiger partial charge < -0.3 is 19.9 Å². The number of hydrogen-bond acceptors (Lipinski definition) is 4. The summed E-state index contributed by atoms with van der Waals surface area (Å²) < 4.78 is 16.4. The summed E-state index contributed by atoms with van der Waals surface area (Å²) in [7, 11) is 1.61. The van der Waals surface area contributed by atoms with Crippen molar-refractivity contribution in [1.82, 2.24) is 0 Å². The van der Waals surface area contributed by atoms with Crippen LogP contribution in [-0.4, -0.2) is 13.9 Å². The summed E-state index contributed by atoms with van der Waals surface area (Å²) in [4.78, 5) is 0. The summed E-state index contributed by atoms with van der Waals surface area (Å²) in [6.07, 6.45) is 0. The Balaban J connectivity index is 1.88. The van der Waals surface area contributed by atoms with Gasteiger partial charge in [-0.3, -0.25) is 0 Å². The van der Waals surface area contributed by atoms with E-state index in [4.69, 9.17) is 19.9 Å². The van der Waals surface area contributed by atoms with Gasteiger partial charge in [-0.15, -0.1) is 0 Å². The van der Waals surface area contributed by atoms with Crippen LogP contribution >= 0.6 is 0 Å². The van der Waals surface area contributed by atoms with Crippen molar-refractivity contribution < 1.29 is 14.2 Å². The Morgan fingerprint density at radius 2 is 1.81 bits per heavy atom. The summed E-state index contributed by atoms with van der Waals surface area (Å²) in [6, 6.07) is 15.6. The minimum absolute atomic E-state index is 0.0396. The van der Waals surface area contributed by atoms with E-state index in [2.05, 4.69) is 0 Å². The highest BCUT2D eigenvalue weighted by molar-refractivity contribution is 5.43. The molecule has 0 aromatic heterocycles. The van der Waals surface area contributed by atoms with E-state index in [1.165, 1.54) is 0 Å². The van der Waals surface area contributed by atoms with Crippen molar-refractivity contribution >= 4 is 0 Å². The number of rotatable bonds is 7. The molecule has 0 amide bonds. The SMILES string of the molecule is COc1cc([C@H](C)N)ccc1OCOCc1ccccc1. The van der Waals surface area contributed by atoms with Crippen LogP contribution in [0, 0.1) is 0 Å². The van der Waals surface area contributed by atoms with Gasteiger partial charge in [-0.05, 0) is 30.2 Å². The van der Waals surface area contributed by atoms with Gasteiger partial charge >= 0.3 is 0 Å². The molecule has 112 valence electrons. The normalized spacial score (nSPS) is 12.0. The van der Waals surface area contributed by atoms with Crippen LogP contribution in [0.1, 0.15) is 24.1 Å². The molecule has 2 aromatic carbocycles. The van der Waals surface area contributed by atoms with Crippen LogP contribution in [0.3, 0.4) is 0 Å². The molecule has 0 saturated carbocycles. The van der Waals surface area contributed by atoms with Crippen molar-refractivity contribution in [3.63, 3.8) is 0 Å². The average Bonchev–Trinajstić information content (AvgIpc) is 2.52. The van der Waals surface area contributed by atoms with Crippen molar-refractivity contribution in [2.45, 2.75) is 19.6 Å². The standard InChI is InChI=1S/C17H21NO3/c1-13(18)15-8-9-16(17(10-15)19-2)21-12-20-11-14-6-4-3-5-7-14/h3-10,13H,11-12,18H2,1-2H3/t13-/m0/s1. The van der Waals surface area contributed by atoms with Crippen LogP contribution in [0.5, 0.6) is 11.5 Å². The predicted octanol–water partition coefficient (Wildman–Crippen LogP) is 3.27. The van der Waals surface area contributed by atoms with Gasteiger partial charge in [-0.25, -0.2) is 0 Å². The second-order valence-corrected chi connectivity index (χ2v) is 4.80. The quantitative estimate of drug-likeness (QED) is 0.627. The maximum Gasteiger partial charge on any atom is 0.189 e. The molecule has 2 N–H and O–H groups in total. The van der Waals surface area contributed by atoms with Crippen LogP contribution in [0.2, 0.25) is 0 Å². The number of methoxy groups -OCH3 is 1. The van der Waals surface area contributed by atoms with Crippen molar-refractivity contribution in [3.05, 3.63) is 59.7 Å². The van der Waals surface area contributed by atoms with E-state index >= 15 is 0 Å². The molecule has 0 aliphatic carbocycles. The zero-order chi connectivity index (χ0) is 15.1. The second kappa shape index (κ2) is 7.67. The smallest absolute Gasteiger partial charge is 0.189 e. The van der Waals surface area contributed by atoms with Crippen LogP contribution in [-0.2, 0) is 11.3 Å². The molecule has 4 nitrogen and oxygen atoms in total. The van der Waals surface area contributed by atoms with Crippen LogP contribution in [0.25, 0.3) is 0 Å². The van der Waals surface area contributed by atoms with Gasteiger partial charge in [-0.1, -0.05) is 36.4 Å². The summed E-state index contributed by atoms with van der Waals surface area (Å²) in [6.45, 7) is 2.61. The molecule has 0 spiro atoms. The molecular formula is C17H21NO3. The van der Waals surface area contributed by atoms with Crippen molar-refractivity contribution in [2.75, 3.05) is 13.9 Å². The van der Waals surface area contributed by atoms with E-state index in [9.17, 15) is 0 Å². The monoisotopic (exact) mass is 287 g/mol. The van der Waals surface area contributed by atoms with E-state index in [0.29, 0.717) is 18.1 Å². The van der Waals surface area contributed by atoms with Gasteiger partial charge in [0.15, 0.2) is 18.3 Å². The Labute approximate surface area is 125 Å². The lowest BCUT2D eigenvalue weighted by Crippen LogP contribution is -2.07. The van der Waals surface area contributed by atoms with Crippen molar-refractivity contribution in [2.24, 2.45) is 5.73 Å². The van der Waals surface area contributed by atoms with Crippen LogP contribution in [0.15, 0.2) is 48.5 Å². The van der Waals surface area contributed by atoms with Crippen LogP contribution < -0.4 is 15.2 Å². The Morgan fingerprint density at radius 1 is 1.05 bits per heavy atom. The summed E-state index contributed by atoms with van der Waals surface area (Å²) >= 11 is 0. The first-order valence-corrected chi connectivity index (χ1v) is 6.88. The average molecular weight is 287 g/mol. The Hall–Kier alpha value is -2.04. The maximum absolute atomic E-state index is 5.85. The third-order valence-corrected chi connectivity index (χ3v) is 3.12. The maximum atomic E-state index is 5.85. The molecule has 2 aromatic rings. The van der Waals surface area contributed by atoms with E-state index in [-0.39, 0.29) is 12.8 Å². The Morgan fingerprint density at radius 3 is 2.48 bits per heavy atom. The van der Waals surface area contributed by atoms with Crippen molar-refractivity contribution in [1.29, 1.82) is 0 Å². The van der Waals surface area contributed by atoms with Gasteiger partial charge in [0.1, 0.15) is 0 Å². The van der Waals surface area contributed by atoms with E-state index in [0.717, 1.165) is 11.1 Å². The number of benzene rings is 2. The molecule has 0 bridgehead atoms. The zero-order valence-corrected chi connectivity index (χ0v) is 12.4. The zero-order valence-electron chi connectivity index (χ0n) is 12.4. The molecule has 0 heterocycles. The molecule has 21 heavy (non-hydrogen) atoms. The molecule has 0 fully saturated rings. The first-order valence-electron chi connectivity index (χ1n) is 6.88. The minimum Gasteiger partial charge on any atom is -0.493 e. The fourth-order valence-corrected chi connectivity index (χ4v) is 1.93. The molecule has 0 aliphatic heterocycles. The molecule has 0 radical (unpaired) electrons. The minimum atomic E-state index is -0.0396. The van der Waals surface area contributed by atoms with Gasteiger partial charge in [-0.2, -0.15) is 0 Å². The Bertz CT molecular complexity index is 555. The van der Waals surface area contributed by atoms with Crippen molar-refractivity contribution in [3.8, 4) is 11.5 Å². The lowest BCUT2D eigenvalue weighted by atomic mass is 10.1. The predicted molar refractivity (Wildman–Crippen MR) is 82.3 cm³/mol. The highest BCUT2D eigenvalue weighted by Gasteiger charge is 2.08. The van der Waals surface area contributed by atoms with E-state index < -0.39 is 0 Å². The first-order chi connectivity index (χ1) is 10.2. The summed E-state index contributed by atoms with van der Waals surface area (Å²) in [5.41, 5.74) is 7.97. The lowest BCUT2D eigenvalue weighted by molar-refractivity contribution is 0.00374. The number of nitrogens with two attached hydrogens (primary N) is 1. The molecular weight excluding hydrogens is 266 g/mol. The van der Waals surface area contributed by atoms with Crippen LogP contribution in [0.4, 0.5) is 0 Å². The van der Waals surface area contributed by atoms with E-state index in [1.54, 1.807) is 7.11 Å². The third-order valence-electron chi connectivity index (χ3n) is 3.12. The molecule has 0 saturated heterocycles. The summed E-state index contributed by atoms with van der Waals surface area (Å²) in [5.74, 6) is 1.31. The van der Waals surface area contributed by atoms with E-state index in [1.807, 2.05) is 55.5 Å². The topological polar surface area (TPSA) is 53.7 Å². The highest BCUT2D eigenvalue weighted by atomic mass is 16.7. The Kier molecular flexibility index (Phi) is 5.60. The fraction of sp³-hybridized carbons (Fsp3) is 0.294. The molecule has 0 unspecified atom stereocenters. The largest absolute Gasteiger partial charge is 0.493 e. The van der Waals surface area contributed by atoms with Gasteiger partial charge in [0.2, 0.25) is 0 Å². The third kappa shape index (κ3) is 4.48. The fourth-order valence-electron chi connectivity index (χ4n) is 1.93. The second-order valence-electron chi connectivity index (χ2n) is 4.80. The summed E-state index contributed by atoms with van der Waals surface area (Å²) in [5, 5.41) is 0. The lowest BCUT2D eigenvalue weighted by Gasteiger charge is -2.13. The molecule has 2 rings (SSSR count). The molecule has 1 atom stereocenters. The molecule has 0 aliphatic rings. The number of ether oxygens (including phenoxy) is 3.